The molecule has 5 aliphatic rings. The Morgan fingerprint density at radius 3 is 2.24 bits per heavy atom. The van der Waals surface area contributed by atoms with Crippen LogP contribution in [-0.2, 0) is 28.7 Å². The van der Waals surface area contributed by atoms with E-state index >= 15 is 0 Å². The SMILES string of the molecule is COC(=O)C1=C(C)NC(C)=C(C(=O)OC)C1C[C@H]1C[C@@H]2[C@H](CC[C@]3(C)C(=O)CC[C@@H]23)[C@@]2(C)C=CC(=O)C=C12. The zero-order chi connectivity index (χ0) is 27.6. The molecular weight excluding hydrogens is 482 g/mol. The minimum Gasteiger partial charge on any atom is -0.466 e. The van der Waals surface area contributed by atoms with Gasteiger partial charge in [0.1, 0.15) is 5.78 Å². The number of hydrogen-bond donors (Lipinski definition) is 1. The molecule has 1 N–H and O–H groups in total. The number of dihydropyridines is 1. The quantitative estimate of drug-likeness (QED) is 0.540. The molecule has 0 spiro atoms. The summed E-state index contributed by atoms with van der Waals surface area (Å²) in [7, 11) is 2.69. The lowest BCUT2D eigenvalue weighted by Gasteiger charge is -2.58. The minimum absolute atomic E-state index is 0.0252. The molecule has 38 heavy (non-hydrogen) atoms. The summed E-state index contributed by atoms with van der Waals surface area (Å²) in [4.78, 5) is 51.8. The van der Waals surface area contributed by atoms with Gasteiger partial charge in [0.05, 0.1) is 25.4 Å². The maximum atomic E-state index is 13.0. The summed E-state index contributed by atoms with van der Waals surface area (Å²) in [5.74, 6) is -0.205. The van der Waals surface area contributed by atoms with Gasteiger partial charge in [0, 0.05) is 34.6 Å². The number of fused-ring (bicyclic) bond motifs is 5. The predicted molar refractivity (Wildman–Crippen MR) is 141 cm³/mol. The molecule has 0 aromatic carbocycles. The fourth-order valence-corrected chi connectivity index (χ4v) is 8.83. The zero-order valence-corrected chi connectivity index (χ0v) is 23.3. The van der Waals surface area contributed by atoms with Gasteiger partial charge in [-0.1, -0.05) is 25.5 Å². The highest BCUT2D eigenvalue weighted by molar-refractivity contribution is 6.01. The molecule has 3 fully saturated rings. The fraction of sp³-hybridized carbons (Fsp3) is 0.613. The van der Waals surface area contributed by atoms with E-state index in [4.69, 9.17) is 9.47 Å². The van der Waals surface area contributed by atoms with Crippen molar-refractivity contribution >= 4 is 23.5 Å². The van der Waals surface area contributed by atoms with Gasteiger partial charge in [-0.3, -0.25) is 9.59 Å². The summed E-state index contributed by atoms with van der Waals surface area (Å²) in [5, 5.41) is 3.17. The molecule has 0 aromatic rings. The van der Waals surface area contributed by atoms with Crippen LogP contribution in [0.2, 0.25) is 0 Å². The Hall–Kier alpha value is -2.96. The van der Waals surface area contributed by atoms with Gasteiger partial charge in [-0.2, -0.15) is 0 Å². The maximum absolute atomic E-state index is 13.0. The second-order valence-corrected chi connectivity index (χ2v) is 12.3. The summed E-state index contributed by atoms with van der Waals surface area (Å²) < 4.78 is 10.3. The van der Waals surface area contributed by atoms with Crippen molar-refractivity contribution < 1.29 is 28.7 Å². The van der Waals surface area contributed by atoms with E-state index in [1.807, 2.05) is 13.8 Å². The molecule has 0 radical (unpaired) electrons. The van der Waals surface area contributed by atoms with Crippen LogP contribution in [-0.4, -0.2) is 37.7 Å². The van der Waals surface area contributed by atoms with Gasteiger partial charge in [0.15, 0.2) is 5.78 Å². The van der Waals surface area contributed by atoms with E-state index < -0.39 is 17.9 Å². The number of Topliss-reactive ketones (excluding diaryl/α,β-unsaturated/α-hetero) is 1. The summed E-state index contributed by atoms with van der Waals surface area (Å²) in [6.45, 7) is 8.03. The van der Waals surface area contributed by atoms with Gasteiger partial charge in [-0.05, 0) is 81.8 Å². The lowest BCUT2D eigenvalue weighted by Crippen LogP contribution is -2.52. The topological polar surface area (TPSA) is 98.8 Å². The molecule has 7 nitrogen and oxygen atoms in total. The second-order valence-electron chi connectivity index (χ2n) is 12.3. The van der Waals surface area contributed by atoms with E-state index in [0.29, 0.717) is 58.9 Å². The Balaban J connectivity index is 1.60. The Labute approximate surface area is 224 Å². The molecule has 0 unspecified atom stereocenters. The summed E-state index contributed by atoms with van der Waals surface area (Å²) >= 11 is 0. The van der Waals surface area contributed by atoms with Gasteiger partial charge < -0.3 is 14.8 Å². The number of esters is 2. The Kier molecular flexibility index (Phi) is 6.56. The third-order valence-corrected chi connectivity index (χ3v) is 10.6. The number of rotatable bonds is 4. The number of allylic oxidation sites excluding steroid dienone is 6. The van der Waals surface area contributed by atoms with Crippen LogP contribution in [0.4, 0.5) is 0 Å². The van der Waals surface area contributed by atoms with Crippen LogP contribution in [0.25, 0.3) is 0 Å². The lowest BCUT2D eigenvalue weighted by molar-refractivity contribution is -0.138. The first-order valence-corrected chi connectivity index (χ1v) is 13.8. The molecule has 6 atom stereocenters. The molecule has 4 aliphatic carbocycles. The highest BCUT2D eigenvalue weighted by Crippen LogP contribution is 2.65. The molecule has 3 saturated carbocycles. The molecule has 1 aliphatic heterocycles. The molecule has 7 heteroatoms. The standard InChI is InChI=1S/C31H39NO6/c1-16-26(28(35)37-5)21(27(17(2)32-16)29(36)38-6)14-18-13-20-22-7-8-25(34)31(22,4)12-10-23(20)30(3)11-9-19(33)15-24(18)30/h9,11,15,18,20-23,32H,7-8,10,12-14H2,1-6H3/t18-,20+,22+,23+,30-,31+/m1/s1. The molecule has 0 aromatic heterocycles. The van der Waals surface area contributed by atoms with Crippen LogP contribution >= 0.6 is 0 Å². The highest BCUT2D eigenvalue weighted by Gasteiger charge is 2.60. The van der Waals surface area contributed by atoms with Crippen molar-refractivity contribution in [1.29, 1.82) is 0 Å². The number of hydrogen-bond acceptors (Lipinski definition) is 7. The van der Waals surface area contributed by atoms with E-state index in [9.17, 15) is 19.2 Å². The Morgan fingerprint density at radius 1 is 1.00 bits per heavy atom. The average molecular weight is 522 g/mol. The third-order valence-electron chi connectivity index (χ3n) is 10.6. The number of nitrogens with one attached hydrogen (secondary N) is 1. The van der Waals surface area contributed by atoms with Gasteiger partial charge in [-0.15, -0.1) is 0 Å². The van der Waals surface area contributed by atoms with Gasteiger partial charge in [0.2, 0.25) is 0 Å². The van der Waals surface area contributed by atoms with Crippen LogP contribution < -0.4 is 5.32 Å². The zero-order valence-electron chi connectivity index (χ0n) is 23.3. The van der Waals surface area contributed by atoms with Crippen LogP contribution in [0, 0.1) is 40.4 Å². The monoisotopic (exact) mass is 521 g/mol. The molecule has 0 saturated heterocycles. The molecule has 204 valence electrons. The Morgan fingerprint density at radius 2 is 1.63 bits per heavy atom. The van der Waals surface area contributed by atoms with E-state index in [1.54, 1.807) is 12.2 Å². The summed E-state index contributed by atoms with van der Waals surface area (Å²) in [6.07, 6.45) is 10.3. The summed E-state index contributed by atoms with van der Waals surface area (Å²) in [6, 6.07) is 0. The van der Waals surface area contributed by atoms with Gasteiger partial charge in [0.25, 0.3) is 0 Å². The van der Waals surface area contributed by atoms with Crippen LogP contribution in [0.3, 0.4) is 0 Å². The van der Waals surface area contributed by atoms with Crippen LogP contribution in [0.1, 0.15) is 66.2 Å². The lowest BCUT2D eigenvalue weighted by atomic mass is 9.46. The van der Waals surface area contributed by atoms with E-state index in [-0.39, 0.29) is 22.5 Å². The van der Waals surface area contributed by atoms with Crippen molar-refractivity contribution in [2.75, 3.05) is 14.2 Å². The minimum atomic E-state index is -0.538. The van der Waals surface area contributed by atoms with Gasteiger partial charge in [-0.25, -0.2) is 9.59 Å². The first-order chi connectivity index (χ1) is 18.0. The van der Waals surface area contributed by atoms with Crippen molar-refractivity contribution in [3.63, 3.8) is 0 Å². The van der Waals surface area contributed by atoms with Crippen LogP contribution in [0.5, 0.6) is 0 Å². The van der Waals surface area contributed by atoms with Crippen molar-refractivity contribution in [1.82, 2.24) is 5.32 Å². The summed E-state index contributed by atoms with van der Waals surface area (Å²) in [5.41, 5.74) is 2.65. The van der Waals surface area contributed by atoms with Crippen molar-refractivity contribution in [3.05, 3.63) is 46.3 Å². The fourth-order valence-electron chi connectivity index (χ4n) is 8.83. The Bertz CT molecular complexity index is 1200. The van der Waals surface area contributed by atoms with E-state index in [2.05, 4.69) is 25.2 Å². The first-order valence-electron chi connectivity index (χ1n) is 13.8. The number of ether oxygens (including phenoxy) is 2. The molecule has 0 bridgehead atoms. The normalized spacial score (nSPS) is 36.7. The number of ketones is 2. The van der Waals surface area contributed by atoms with E-state index in [1.165, 1.54) is 14.2 Å². The molecule has 5 rings (SSSR count). The average Bonchev–Trinajstić information content (AvgIpc) is 3.18. The van der Waals surface area contributed by atoms with E-state index in [0.717, 1.165) is 31.3 Å². The first kappa shape index (κ1) is 26.6. The molecule has 1 heterocycles. The predicted octanol–water partition coefficient (Wildman–Crippen LogP) is 4.59. The van der Waals surface area contributed by atoms with Crippen molar-refractivity contribution in [2.45, 2.75) is 66.2 Å². The second kappa shape index (κ2) is 9.35. The largest absolute Gasteiger partial charge is 0.466 e. The highest BCUT2D eigenvalue weighted by atomic mass is 16.5. The van der Waals surface area contributed by atoms with Crippen molar-refractivity contribution in [2.24, 2.45) is 40.4 Å². The number of carbonyl (C=O) groups is 4. The molecular formula is C31H39NO6. The maximum Gasteiger partial charge on any atom is 0.336 e. The smallest absolute Gasteiger partial charge is 0.336 e. The number of methoxy groups -OCH3 is 2. The van der Waals surface area contributed by atoms with Crippen molar-refractivity contribution in [3.8, 4) is 0 Å². The molecule has 0 amide bonds. The third kappa shape index (κ3) is 3.84. The number of carbonyl (C=O) groups excluding carboxylic acids is 4. The van der Waals surface area contributed by atoms with Gasteiger partial charge >= 0.3 is 11.9 Å². The van der Waals surface area contributed by atoms with Crippen LogP contribution in [0.15, 0.2) is 46.3 Å².